The first kappa shape index (κ1) is 29.2. The Bertz CT molecular complexity index is 1230. The molecule has 1 spiro atoms. The smallest absolute Gasteiger partial charge is 0.416 e. The summed E-state index contributed by atoms with van der Waals surface area (Å²) in [6.07, 6.45) is -7.45. The van der Waals surface area contributed by atoms with Gasteiger partial charge in [-0.05, 0) is 69.0 Å². The molecule has 5 rings (SSSR count). The van der Waals surface area contributed by atoms with E-state index in [1.807, 2.05) is 30.3 Å². The number of carbonyl (C=O) groups is 2. The summed E-state index contributed by atoms with van der Waals surface area (Å²) in [6, 6.07) is 9.24. The highest BCUT2D eigenvalue weighted by molar-refractivity contribution is 5.95. The molecule has 41 heavy (non-hydrogen) atoms. The fourth-order valence-electron chi connectivity index (χ4n) is 6.18. The number of benzene rings is 2. The van der Waals surface area contributed by atoms with Gasteiger partial charge in [0, 0.05) is 37.2 Å². The van der Waals surface area contributed by atoms with Crippen LogP contribution < -0.4 is 5.32 Å². The van der Waals surface area contributed by atoms with Crippen LogP contribution in [0.15, 0.2) is 48.5 Å². The van der Waals surface area contributed by atoms with Crippen molar-refractivity contribution in [1.82, 2.24) is 15.1 Å². The number of likely N-dealkylation sites (tertiary alicyclic amines) is 1. The molecule has 1 N–H and O–H groups in total. The number of rotatable bonds is 4. The Morgan fingerprint density at radius 2 is 1.56 bits per heavy atom. The van der Waals surface area contributed by atoms with E-state index in [9.17, 15) is 35.9 Å². The number of nitrogens with zero attached hydrogens (tertiary/aromatic N) is 2. The van der Waals surface area contributed by atoms with Crippen molar-refractivity contribution in [3.63, 3.8) is 0 Å². The van der Waals surface area contributed by atoms with E-state index in [4.69, 9.17) is 4.74 Å². The molecule has 2 aromatic rings. The molecule has 2 amide bonds. The van der Waals surface area contributed by atoms with Crippen LogP contribution in [-0.4, -0.2) is 65.7 Å². The van der Waals surface area contributed by atoms with E-state index in [0.717, 1.165) is 31.5 Å². The molecule has 3 heterocycles. The van der Waals surface area contributed by atoms with Crippen LogP contribution in [0.5, 0.6) is 0 Å². The van der Waals surface area contributed by atoms with Gasteiger partial charge in [-0.15, -0.1) is 0 Å². The molecule has 6 nitrogen and oxygen atoms in total. The molecule has 0 aromatic heterocycles. The monoisotopic (exact) mass is 583 g/mol. The van der Waals surface area contributed by atoms with Gasteiger partial charge in [0.05, 0.1) is 11.1 Å². The van der Waals surface area contributed by atoms with Gasteiger partial charge < -0.3 is 19.9 Å². The standard InChI is InChI=1S/C29H31F6N3O3/c30-28(31,32)21-15-20(16-22(17-21)29(33,34)35)25(39)37-12-6-23(18-24(37)14-19-4-2-1-3-5-19)38-13-9-27(41-26(38)40)7-10-36-11-8-27/h1-5,15-17,23-24,36H,6-14,18H2/t23?,24-/m1/s1. The number of piperidine rings is 2. The summed E-state index contributed by atoms with van der Waals surface area (Å²) in [5.74, 6) is -0.907. The minimum Gasteiger partial charge on any atom is -0.443 e. The van der Waals surface area contributed by atoms with Gasteiger partial charge in [0.15, 0.2) is 0 Å². The Morgan fingerprint density at radius 1 is 0.927 bits per heavy atom. The Balaban J connectivity index is 1.40. The summed E-state index contributed by atoms with van der Waals surface area (Å²) in [6.45, 7) is 2.08. The third-order valence-electron chi connectivity index (χ3n) is 8.40. The number of hydrogen-bond acceptors (Lipinski definition) is 4. The minimum atomic E-state index is -5.06. The third kappa shape index (κ3) is 6.47. The van der Waals surface area contributed by atoms with E-state index in [2.05, 4.69) is 5.32 Å². The summed E-state index contributed by atoms with van der Waals surface area (Å²) in [5, 5.41) is 3.26. The van der Waals surface area contributed by atoms with Gasteiger partial charge >= 0.3 is 18.4 Å². The predicted molar refractivity (Wildman–Crippen MR) is 137 cm³/mol. The highest BCUT2D eigenvalue weighted by Crippen LogP contribution is 2.38. The average Bonchev–Trinajstić information content (AvgIpc) is 2.92. The van der Waals surface area contributed by atoms with Gasteiger partial charge in [0.25, 0.3) is 5.91 Å². The van der Waals surface area contributed by atoms with Crippen LogP contribution in [0.1, 0.15) is 59.2 Å². The maximum atomic E-state index is 13.6. The number of ether oxygens (including phenoxy) is 1. The van der Waals surface area contributed by atoms with E-state index >= 15 is 0 Å². The SMILES string of the molecule is O=C1OC2(CCNCC2)CCN1C1CCN(C(=O)c2cc(C(F)(F)F)cc(C(F)(F)F)c2)[C@H](Cc2ccccc2)C1. The zero-order valence-electron chi connectivity index (χ0n) is 22.2. The first-order valence-electron chi connectivity index (χ1n) is 13.7. The molecule has 3 saturated heterocycles. The molecule has 0 radical (unpaired) electrons. The molecule has 1 unspecified atom stereocenters. The van der Waals surface area contributed by atoms with Gasteiger partial charge in [-0.3, -0.25) is 4.79 Å². The number of nitrogens with one attached hydrogen (secondary N) is 1. The lowest BCUT2D eigenvalue weighted by Crippen LogP contribution is -2.59. The van der Waals surface area contributed by atoms with Crippen LogP contribution in [0.25, 0.3) is 0 Å². The Morgan fingerprint density at radius 3 is 2.15 bits per heavy atom. The number of hydrogen-bond donors (Lipinski definition) is 1. The van der Waals surface area contributed by atoms with Crippen LogP contribution in [0.4, 0.5) is 31.1 Å². The third-order valence-corrected chi connectivity index (χ3v) is 8.40. The predicted octanol–water partition coefficient (Wildman–Crippen LogP) is 5.90. The number of amides is 2. The Hall–Kier alpha value is -3.28. The van der Waals surface area contributed by atoms with Crippen LogP contribution in [-0.2, 0) is 23.5 Å². The van der Waals surface area contributed by atoms with E-state index in [-0.39, 0.29) is 18.7 Å². The molecule has 0 bridgehead atoms. The average molecular weight is 584 g/mol. The van der Waals surface area contributed by atoms with Crippen molar-refractivity contribution in [2.75, 3.05) is 26.2 Å². The summed E-state index contributed by atoms with van der Waals surface area (Å²) < 4.78 is 86.8. The molecule has 3 aliphatic heterocycles. The zero-order valence-corrected chi connectivity index (χ0v) is 22.2. The highest BCUT2D eigenvalue weighted by Gasteiger charge is 2.45. The Kier molecular flexibility index (Phi) is 7.97. The molecular formula is C29H31F6N3O3. The second-order valence-electron chi connectivity index (χ2n) is 11.1. The van der Waals surface area contributed by atoms with E-state index in [1.54, 1.807) is 4.90 Å². The number of halogens is 6. The first-order valence-corrected chi connectivity index (χ1v) is 13.7. The largest absolute Gasteiger partial charge is 0.443 e. The summed E-state index contributed by atoms with van der Waals surface area (Å²) in [7, 11) is 0. The fourth-order valence-corrected chi connectivity index (χ4v) is 6.18. The van der Waals surface area contributed by atoms with E-state index in [0.29, 0.717) is 44.4 Å². The maximum absolute atomic E-state index is 13.6. The first-order chi connectivity index (χ1) is 19.3. The van der Waals surface area contributed by atoms with Crippen LogP contribution >= 0.6 is 0 Å². The lowest BCUT2D eigenvalue weighted by molar-refractivity contribution is -0.143. The van der Waals surface area contributed by atoms with E-state index in [1.165, 1.54) is 4.90 Å². The van der Waals surface area contributed by atoms with Crippen LogP contribution in [0.3, 0.4) is 0 Å². The molecule has 0 saturated carbocycles. The molecule has 3 fully saturated rings. The summed E-state index contributed by atoms with van der Waals surface area (Å²) in [5.41, 5.74) is -3.38. The second kappa shape index (κ2) is 11.2. The molecule has 0 aliphatic carbocycles. The van der Waals surface area contributed by atoms with Crippen LogP contribution in [0, 0.1) is 0 Å². The topological polar surface area (TPSA) is 61.9 Å². The van der Waals surface area contributed by atoms with Crippen molar-refractivity contribution in [3.8, 4) is 0 Å². The molecule has 12 heteroatoms. The lowest BCUT2D eigenvalue weighted by Gasteiger charge is -2.48. The summed E-state index contributed by atoms with van der Waals surface area (Å²) >= 11 is 0. The molecule has 222 valence electrons. The minimum absolute atomic E-state index is 0.0155. The maximum Gasteiger partial charge on any atom is 0.416 e. The van der Waals surface area contributed by atoms with Crippen molar-refractivity contribution in [3.05, 3.63) is 70.8 Å². The van der Waals surface area contributed by atoms with Gasteiger partial charge in [0.1, 0.15) is 5.60 Å². The van der Waals surface area contributed by atoms with Crippen molar-refractivity contribution < 1.29 is 40.7 Å². The normalized spacial score (nSPS) is 23.4. The van der Waals surface area contributed by atoms with E-state index < -0.39 is 52.7 Å². The quantitative estimate of drug-likeness (QED) is 0.455. The fraction of sp³-hybridized carbons (Fsp3) is 0.517. The van der Waals surface area contributed by atoms with Gasteiger partial charge in [0.2, 0.25) is 0 Å². The van der Waals surface area contributed by atoms with Crippen molar-refractivity contribution >= 4 is 12.0 Å². The second-order valence-corrected chi connectivity index (χ2v) is 11.1. The summed E-state index contributed by atoms with van der Waals surface area (Å²) in [4.78, 5) is 29.7. The molecule has 2 aromatic carbocycles. The number of carbonyl (C=O) groups excluding carboxylic acids is 2. The van der Waals surface area contributed by atoms with Gasteiger partial charge in [-0.1, -0.05) is 30.3 Å². The lowest BCUT2D eigenvalue weighted by atomic mass is 9.86. The zero-order chi connectivity index (χ0) is 29.4. The molecular weight excluding hydrogens is 552 g/mol. The molecule has 2 atom stereocenters. The number of alkyl halides is 6. The molecule has 3 aliphatic rings. The van der Waals surface area contributed by atoms with Crippen molar-refractivity contribution in [2.24, 2.45) is 0 Å². The Labute approximate surface area is 233 Å². The van der Waals surface area contributed by atoms with Crippen molar-refractivity contribution in [1.29, 1.82) is 0 Å². The van der Waals surface area contributed by atoms with Gasteiger partial charge in [-0.2, -0.15) is 26.3 Å². The van der Waals surface area contributed by atoms with Gasteiger partial charge in [-0.25, -0.2) is 4.79 Å². The van der Waals surface area contributed by atoms with Crippen LogP contribution in [0.2, 0.25) is 0 Å². The van der Waals surface area contributed by atoms with Crippen molar-refractivity contribution in [2.45, 2.75) is 68.6 Å². The highest BCUT2D eigenvalue weighted by atomic mass is 19.4.